The molecule has 0 unspecified atom stereocenters. The van der Waals surface area contributed by atoms with Gasteiger partial charge in [-0.2, -0.15) is 0 Å². The predicted molar refractivity (Wildman–Crippen MR) is 183 cm³/mol. The van der Waals surface area contributed by atoms with Crippen LogP contribution in [0.15, 0.2) is 18.2 Å². The van der Waals surface area contributed by atoms with Gasteiger partial charge < -0.3 is 10.6 Å². The first-order chi connectivity index (χ1) is 23.2. The number of hydrogen-bond donors (Lipinski definition) is 3. The molecular formula is C34H53F6N3O4SSn. The van der Waals surface area contributed by atoms with E-state index in [-0.39, 0.29) is 45.5 Å². The number of benzene rings is 1. The van der Waals surface area contributed by atoms with Crippen LogP contribution in [0.4, 0.5) is 31.1 Å². The molecule has 3 rings (SSSR count). The molecule has 7 nitrogen and oxygen atoms in total. The van der Waals surface area contributed by atoms with Crippen LogP contribution in [0.1, 0.15) is 103 Å². The van der Waals surface area contributed by atoms with Crippen molar-refractivity contribution in [1.29, 1.82) is 0 Å². The van der Waals surface area contributed by atoms with Crippen LogP contribution in [-0.2, 0) is 26.4 Å². The van der Waals surface area contributed by atoms with Gasteiger partial charge in [-0.3, -0.25) is 0 Å². The topological polar surface area (TPSA) is 88.7 Å². The number of carbonyl (C=O) groups is 2. The molecule has 49 heavy (non-hydrogen) atoms. The normalized spacial score (nSPS) is 19.9. The Labute approximate surface area is 295 Å². The third-order valence-corrected chi connectivity index (χ3v) is 27.0. The number of halogens is 6. The maximum absolute atomic E-state index is 15.0. The van der Waals surface area contributed by atoms with E-state index in [0.29, 0.717) is 25.0 Å². The van der Waals surface area contributed by atoms with E-state index in [9.17, 15) is 9.59 Å². The third-order valence-electron chi connectivity index (χ3n) is 9.73. The van der Waals surface area contributed by atoms with E-state index < -0.39 is 48.7 Å². The molecule has 0 aromatic heterocycles. The number of rotatable bonds is 21. The van der Waals surface area contributed by atoms with Crippen LogP contribution in [0, 0.1) is 0 Å². The van der Waals surface area contributed by atoms with Crippen molar-refractivity contribution >= 4 is 45.7 Å². The second-order valence-corrected chi connectivity index (χ2v) is 27.9. The van der Waals surface area contributed by atoms with Crippen molar-refractivity contribution in [3.05, 3.63) is 29.3 Å². The number of thioether (sulfide) groups is 1. The number of ether oxygens (including phenoxy) is 2. The Morgan fingerprint density at radius 2 is 1.55 bits per heavy atom. The summed E-state index contributed by atoms with van der Waals surface area (Å²) in [5, 5.41) is 8.90. The summed E-state index contributed by atoms with van der Waals surface area (Å²) in [6, 6.07) is 4.03. The fourth-order valence-corrected chi connectivity index (χ4v) is 25.6. The number of fused-ring (bicyclic) bond motifs is 1. The number of amides is 3. The Morgan fingerprint density at radius 1 is 0.939 bits per heavy atom. The molecule has 2 heterocycles. The second kappa shape index (κ2) is 18.9. The van der Waals surface area contributed by atoms with Gasteiger partial charge in [0.25, 0.3) is 0 Å². The van der Waals surface area contributed by atoms with Gasteiger partial charge in [-0.05, 0) is 6.42 Å². The molecule has 3 atom stereocenters. The van der Waals surface area contributed by atoms with Gasteiger partial charge in [-0.1, -0.05) is 0 Å². The van der Waals surface area contributed by atoms with Gasteiger partial charge in [0.15, 0.2) is 0 Å². The first-order valence-corrected chi connectivity index (χ1v) is 26.0. The molecule has 2 aliphatic rings. The van der Waals surface area contributed by atoms with Gasteiger partial charge in [-0.15, -0.1) is 11.8 Å². The van der Waals surface area contributed by atoms with Crippen LogP contribution in [0.2, 0.25) is 13.3 Å². The van der Waals surface area contributed by atoms with Crippen molar-refractivity contribution in [2.75, 3.05) is 13.9 Å². The van der Waals surface area contributed by atoms with Crippen molar-refractivity contribution in [2.24, 2.45) is 0 Å². The molecule has 0 radical (unpaired) electrons. The Balaban J connectivity index is 1.91. The van der Waals surface area contributed by atoms with Crippen molar-refractivity contribution < 1.29 is 45.4 Å². The van der Waals surface area contributed by atoms with Gasteiger partial charge in [0.1, 0.15) is 0 Å². The number of carbonyl (C=O) groups excluding carboxylic acids is 2. The van der Waals surface area contributed by atoms with Crippen LogP contribution in [-0.4, -0.2) is 73.2 Å². The Morgan fingerprint density at radius 3 is 2.08 bits per heavy atom. The summed E-state index contributed by atoms with van der Waals surface area (Å²) in [5.41, 5.74) is -5.33. The van der Waals surface area contributed by atoms with Crippen molar-refractivity contribution in [2.45, 2.75) is 146 Å². The fourth-order valence-electron chi connectivity index (χ4n) is 7.14. The van der Waals surface area contributed by atoms with Gasteiger partial charge in [0.05, 0.1) is 11.4 Å². The molecule has 0 spiro atoms. The molecule has 15 heteroatoms. The second-order valence-electron chi connectivity index (χ2n) is 13.4. The quantitative estimate of drug-likeness (QED) is 0.0502. The molecule has 2 fully saturated rings. The zero-order valence-corrected chi connectivity index (χ0v) is 32.8. The summed E-state index contributed by atoms with van der Waals surface area (Å²) in [7, 11) is 0.992. The van der Waals surface area contributed by atoms with E-state index >= 15 is 26.3 Å². The Kier molecular flexibility index (Phi) is 16.2. The Bertz CT molecular complexity index is 1170. The number of hydrogen-bond acceptors (Lipinski definition) is 5. The summed E-state index contributed by atoms with van der Waals surface area (Å²) in [6.45, 7) is 4.54. The summed E-state index contributed by atoms with van der Waals surface area (Å²) < 4.78 is 102. The van der Waals surface area contributed by atoms with Crippen LogP contribution < -0.4 is 19.5 Å². The molecule has 2 aliphatic heterocycles. The standard InChI is InChI=1S/C22H26F6N3O4S.3C4H9.Sn/c1-34-12-35-20(21(23,24)25,22(26,27)28)14-6-4-5-13(9-14)11-29-17(32)8-3-2-7-15-10-16-18(36-15)31-19(33)30-16;3*1-3-4-2;/h4-5,9,15-16,18H,2-3,7-8,10-12H2,1H3,(H,29,32)(H2,30,31,33);3*1,3-4H2,2H3;/t15-,16+,18-;;;;/m1..../s1. The van der Waals surface area contributed by atoms with E-state index in [0.717, 1.165) is 71.0 Å². The van der Waals surface area contributed by atoms with E-state index in [2.05, 4.69) is 20.7 Å². The van der Waals surface area contributed by atoms with Crippen molar-refractivity contribution in [3.63, 3.8) is 0 Å². The minimum atomic E-state index is -5.84. The van der Waals surface area contributed by atoms with E-state index in [4.69, 9.17) is 4.74 Å². The summed E-state index contributed by atoms with van der Waals surface area (Å²) >= 11 is -2.25. The summed E-state index contributed by atoms with van der Waals surface area (Å²) in [4.78, 5) is 24.2. The number of urea groups is 1. The monoisotopic (exact) mass is 833 g/mol. The molecule has 2 saturated heterocycles. The molecule has 1 aromatic rings. The maximum atomic E-state index is 15.0. The summed E-state index contributed by atoms with van der Waals surface area (Å²) in [6.07, 6.45) is -3.84. The molecule has 3 N–H and O–H groups in total. The van der Waals surface area contributed by atoms with Gasteiger partial charge in [0.2, 0.25) is 0 Å². The predicted octanol–water partition coefficient (Wildman–Crippen LogP) is 8.37. The van der Waals surface area contributed by atoms with Crippen LogP contribution in [0.5, 0.6) is 0 Å². The van der Waals surface area contributed by atoms with E-state index in [1.165, 1.54) is 6.07 Å². The zero-order chi connectivity index (χ0) is 36.3. The minimum absolute atomic E-state index is 0.0597. The number of unbranched alkanes of at least 4 members (excludes halogenated alkanes) is 4. The average molecular weight is 833 g/mol. The molecular weight excluding hydrogens is 779 g/mol. The van der Waals surface area contributed by atoms with Crippen LogP contribution >= 0.6 is 11.8 Å². The van der Waals surface area contributed by atoms with Crippen LogP contribution in [0.25, 0.3) is 0 Å². The summed E-state index contributed by atoms with van der Waals surface area (Å²) in [5.74, 6) is -0.327. The first kappa shape index (κ1) is 42.0. The number of methoxy groups -OCH3 is 1. The van der Waals surface area contributed by atoms with Crippen molar-refractivity contribution in [1.82, 2.24) is 16.0 Å². The SMILES string of the molecule is CCC[CH2][Sn]([CH2]CCC)([CH2]CCC)[c]1ccc(CNC(=O)CCCC[C@@H]2C[C@@H]3NC(=O)N[C@@H]3S2)cc1C(OCOC)(C(F)(F)F)C(F)(F)F. The zero-order valence-electron chi connectivity index (χ0n) is 29.1. The third kappa shape index (κ3) is 10.6. The van der Waals surface area contributed by atoms with Gasteiger partial charge in [-0.25, -0.2) is 4.79 Å². The molecule has 0 saturated carbocycles. The first-order valence-electron chi connectivity index (χ1n) is 17.6. The number of alkyl halides is 6. The van der Waals surface area contributed by atoms with Gasteiger partial charge in [0, 0.05) is 0 Å². The molecule has 0 aliphatic carbocycles. The van der Waals surface area contributed by atoms with E-state index in [1.54, 1.807) is 17.8 Å². The average Bonchev–Trinajstić information content (AvgIpc) is 3.58. The Hall–Kier alpha value is -1.39. The molecule has 1 aromatic carbocycles. The van der Waals surface area contributed by atoms with Crippen molar-refractivity contribution in [3.8, 4) is 0 Å². The molecule has 0 bridgehead atoms. The molecule has 280 valence electrons. The molecule has 3 amide bonds. The fraction of sp³-hybridized carbons (Fsp3) is 0.765. The van der Waals surface area contributed by atoms with Crippen LogP contribution in [0.3, 0.4) is 0 Å². The van der Waals surface area contributed by atoms with Gasteiger partial charge >= 0.3 is 251 Å². The van der Waals surface area contributed by atoms with E-state index in [1.807, 2.05) is 20.8 Å². The number of nitrogens with one attached hydrogen (secondary N) is 3.